The first-order valence-corrected chi connectivity index (χ1v) is 13.1. The van der Waals surface area contributed by atoms with E-state index in [0.717, 1.165) is 29.7 Å². The number of amides is 1. The Balaban J connectivity index is 1.43. The van der Waals surface area contributed by atoms with E-state index in [9.17, 15) is 10.1 Å². The molecule has 1 aliphatic heterocycles. The third-order valence-electron chi connectivity index (χ3n) is 6.37. The fourth-order valence-corrected chi connectivity index (χ4v) is 4.45. The maximum atomic E-state index is 12.8. The van der Waals surface area contributed by atoms with Gasteiger partial charge >= 0.3 is 0 Å². The predicted molar refractivity (Wildman–Crippen MR) is 150 cm³/mol. The highest BCUT2D eigenvalue weighted by Gasteiger charge is 2.19. The van der Waals surface area contributed by atoms with Crippen molar-refractivity contribution < 1.29 is 14.3 Å². The van der Waals surface area contributed by atoms with Gasteiger partial charge in [0.05, 0.1) is 11.8 Å². The van der Waals surface area contributed by atoms with Gasteiger partial charge in [-0.05, 0) is 60.9 Å². The molecule has 0 spiro atoms. The molecule has 39 heavy (non-hydrogen) atoms. The zero-order chi connectivity index (χ0) is 27.0. The summed E-state index contributed by atoms with van der Waals surface area (Å²) in [6.45, 7) is 1.46. The van der Waals surface area contributed by atoms with Crippen molar-refractivity contribution in [3.8, 4) is 28.8 Å². The molecule has 0 saturated carbocycles. The monoisotopic (exact) mass is 538 g/mol. The first kappa shape index (κ1) is 26.2. The first-order valence-electron chi connectivity index (χ1n) is 12.7. The second-order valence-electron chi connectivity index (χ2n) is 9.17. The van der Waals surface area contributed by atoms with Gasteiger partial charge in [-0.3, -0.25) is 4.79 Å². The van der Waals surface area contributed by atoms with Crippen LogP contribution in [0.4, 0.5) is 0 Å². The van der Waals surface area contributed by atoms with Crippen molar-refractivity contribution >= 4 is 23.6 Å². The predicted octanol–water partition coefficient (Wildman–Crippen LogP) is 5.97. The molecule has 1 N–H and O–H groups in total. The Morgan fingerprint density at radius 1 is 1.15 bits per heavy atom. The van der Waals surface area contributed by atoms with Gasteiger partial charge in [0.25, 0.3) is 5.91 Å². The van der Waals surface area contributed by atoms with E-state index in [1.54, 1.807) is 10.8 Å². The lowest BCUT2D eigenvalue weighted by molar-refractivity contribution is -0.117. The third-order valence-corrected chi connectivity index (χ3v) is 6.62. The van der Waals surface area contributed by atoms with E-state index in [1.807, 2.05) is 91.1 Å². The molecule has 8 heteroatoms. The second kappa shape index (κ2) is 12.4. The summed E-state index contributed by atoms with van der Waals surface area (Å²) >= 11 is 5.99. The van der Waals surface area contributed by atoms with Crippen LogP contribution in [0.15, 0.2) is 90.6 Å². The fourth-order valence-electron chi connectivity index (χ4n) is 4.32. The minimum atomic E-state index is -0.438. The van der Waals surface area contributed by atoms with E-state index in [1.165, 1.54) is 0 Å². The Labute approximate surface area is 232 Å². The maximum absolute atomic E-state index is 12.8. The van der Waals surface area contributed by atoms with Crippen LogP contribution in [0.3, 0.4) is 0 Å². The fraction of sp³-hybridized carbons (Fsp3) is 0.194. The SMILES string of the molecule is N#C/C(=C/c1cn(-c2ccccc2)nc1-c1cccc(OCc2ccc(Cl)cc2)c1)C(=O)NCC1CCCO1. The molecule has 3 aromatic carbocycles. The van der Waals surface area contributed by atoms with Gasteiger partial charge in [-0.1, -0.05) is 54.1 Å². The zero-order valence-corrected chi connectivity index (χ0v) is 22.0. The van der Waals surface area contributed by atoms with E-state index in [2.05, 4.69) is 5.32 Å². The lowest BCUT2D eigenvalue weighted by Crippen LogP contribution is -2.32. The number of hydrogen-bond acceptors (Lipinski definition) is 5. The highest BCUT2D eigenvalue weighted by molar-refractivity contribution is 6.30. The number of ether oxygens (including phenoxy) is 2. The van der Waals surface area contributed by atoms with Crippen LogP contribution in [-0.4, -0.2) is 34.9 Å². The number of nitriles is 1. The molecule has 2 heterocycles. The van der Waals surface area contributed by atoms with Crippen LogP contribution in [0.2, 0.25) is 5.02 Å². The molecular weight excluding hydrogens is 512 g/mol. The van der Waals surface area contributed by atoms with Crippen LogP contribution in [-0.2, 0) is 16.1 Å². The number of benzene rings is 3. The molecule has 0 aliphatic carbocycles. The lowest BCUT2D eigenvalue weighted by atomic mass is 10.1. The van der Waals surface area contributed by atoms with E-state index in [-0.39, 0.29) is 11.7 Å². The van der Waals surface area contributed by atoms with Crippen molar-refractivity contribution in [3.05, 3.63) is 107 Å². The lowest BCUT2D eigenvalue weighted by Gasteiger charge is -2.10. The standard InChI is InChI=1S/C31H27ClN4O3/c32-26-13-11-22(12-14-26)21-39-28-9-4-6-23(17-28)30-25(20-36(35-30)27-7-2-1-3-8-27)16-24(18-33)31(37)34-19-29-10-5-15-38-29/h1-4,6-9,11-14,16-17,20,29H,5,10,15,19,21H2,(H,34,37)/b24-16-. The zero-order valence-electron chi connectivity index (χ0n) is 21.2. The van der Waals surface area contributed by atoms with Crippen molar-refractivity contribution in [1.82, 2.24) is 15.1 Å². The molecule has 5 rings (SSSR count). The molecule has 4 aromatic rings. The summed E-state index contributed by atoms with van der Waals surface area (Å²) in [5.41, 5.74) is 3.90. The van der Waals surface area contributed by atoms with Gasteiger partial charge < -0.3 is 14.8 Å². The number of rotatable bonds is 9. The number of carbonyl (C=O) groups excluding carboxylic acids is 1. The molecule has 7 nitrogen and oxygen atoms in total. The Kier molecular flexibility index (Phi) is 8.37. The number of hydrogen-bond donors (Lipinski definition) is 1. The van der Waals surface area contributed by atoms with Crippen molar-refractivity contribution in [3.63, 3.8) is 0 Å². The smallest absolute Gasteiger partial charge is 0.262 e. The van der Waals surface area contributed by atoms with E-state index in [0.29, 0.717) is 41.8 Å². The maximum Gasteiger partial charge on any atom is 0.262 e. The Hall–Kier alpha value is -4.38. The first-order chi connectivity index (χ1) is 19.1. The molecule has 1 atom stereocenters. The number of nitrogens with one attached hydrogen (secondary N) is 1. The largest absolute Gasteiger partial charge is 0.489 e. The summed E-state index contributed by atoms with van der Waals surface area (Å²) in [4.78, 5) is 12.8. The summed E-state index contributed by atoms with van der Waals surface area (Å²) in [6, 6.07) is 26.8. The molecule has 1 aliphatic rings. The van der Waals surface area contributed by atoms with Crippen molar-refractivity contribution in [2.75, 3.05) is 13.2 Å². The highest BCUT2D eigenvalue weighted by Crippen LogP contribution is 2.29. The molecule has 1 saturated heterocycles. The minimum Gasteiger partial charge on any atom is -0.489 e. The minimum absolute atomic E-state index is 0.00278. The van der Waals surface area contributed by atoms with Crippen LogP contribution in [0, 0.1) is 11.3 Å². The number of halogens is 1. The van der Waals surface area contributed by atoms with Crippen LogP contribution < -0.4 is 10.1 Å². The Bertz CT molecular complexity index is 1500. The molecule has 1 aromatic heterocycles. The quantitative estimate of drug-likeness (QED) is 0.209. The highest BCUT2D eigenvalue weighted by atomic mass is 35.5. The molecule has 196 valence electrons. The molecule has 1 fully saturated rings. The van der Waals surface area contributed by atoms with Crippen LogP contribution in [0.5, 0.6) is 5.75 Å². The van der Waals surface area contributed by atoms with Crippen molar-refractivity contribution in [2.45, 2.75) is 25.6 Å². The summed E-state index contributed by atoms with van der Waals surface area (Å²) in [7, 11) is 0. The third kappa shape index (κ3) is 6.74. The number of carbonyl (C=O) groups is 1. The number of aromatic nitrogens is 2. The Morgan fingerprint density at radius 2 is 1.97 bits per heavy atom. The van der Waals surface area contributed by atoms with Gasteiger partial charge in [-0.25, -0.2) is 4.68 Å². The van der Waals surface area contributed by atoms with E-state index < -0.39 is 5.91 Å². The van der Waals surface area contributed by atoms with Gasteiger partial charge in [0.15, 0.2) is 0 Å². The molecule has 1 unspecified atom stereocenters. The normalized spacial score (nSPS) is 15.1. The number of nitrogens with zero attached hydrogens (tertiary/aromatic N) is 3. The van der Waals surface area contributed by atoms with Crippen molar-refractivity contribution in [2.24, 2.45) is 0 Å². The average molecular weight is 539 g/mol. The molecule has 1 amide bonds. The topological polar surface area (TPSA) is 89.2 Å². The summed E-state index contributed by atoms with van der Waals surface area (Å²) < 4.78 is 13.3. The van der Waals surface area contributed by atoms with Gasteiger partial charge in [0, 0.05) is 35.5 Å². The van der Waals surface area contributed by atoms with Gasteiger partial charge in [-0.15, -0.1) is 0 Å². The second-order valence-corrected chi connectivity index (χ2v) is 9.61. The van der Waals surface area contributed by atoms with Crippen LogP contribution >= 0.6 is 11.6 Å². The van der Waals surface area contributed by atoms with Crippen LogP contribution in [0.25, 0.3) is 23.0 Å². The summed E-state index contributed by atoms with van der Waals surface area (Å²) in [5.74, 6) is 0.230. The van der Waals surface area contributed by atoms with E-state index in [4.69, 9.17) is 26.2 Å². The molecule has 0 bridgehead atoms. The van der Waals surface area contributed by atoms with Gasteiger partial charge in [-0.2, -0.15) is 10.4 Å². The number of para-hydroxylation sites is 1. The molecule has 0 radical (unpaired) electrons. The summed E-state index contributed by atoms with van der Waals surface area (Å²) in [5, 5.41) is 18.1. The Morgan fingerprint density at radius 3 is 2.72 bits per heavy atom. The molecular formula is C31H27ClN4O3. The van der Waals surface area contributed by atoms with Gasteiger partial charge in [0.2, 0.25) is 0 Å². The van der Waals surface area contributed by atoms with Crippen molar-refractivity contribution in [1.29, 1.82) is 5.26 Å². The average Bonchev–Trinajstić information content (AvgIpc) is 3.65. The van der Waals surface area contributed by atoms with E-state index >= 15 is 0 Å². The van der Waals surface area contributed by atoms with Crippen LogP contribution in [0.1, 0.15) is 24.0 Å². The van der Waals surface area contributed by atoms with Gasteiger partial charge in [0.1, 0.15) is 29.7 Å². The summed E-state index contributed by atoms with van der Waals surface area (Å²) in [6.07, 6.45) is 5.26.